The standard InChI is InChI=1S/C14H24O5/c1-5-12(15)11(9-18-4)7-8-14(3,17)10-19-13(16)6-2/h5-6,11-12,15,17H,1-2,7-10H2,3-4H3. The van der Waals surface area contributed by atoms with Gasteiger partial charge in [-0.15, -0.1) is 6.58 Å². The summed E-state index contributed by atoms with van der Waals surface area (Å²) in [5.41, 5.74) is -1.15. The zero-order valence-electron chi connectivity index (χ0n) is 11.7. The Bertz CT molecular complexity index is 298. The van der Waals surface area contributed by atoms with Gasteiger partial charge in [0.2, 0.25) is 0 Å². The second kappa shape index (κ2) is 8.85. The second-order valence-corrected chi connectivity index (χ2v) is 4.79. The van der Waals surface area contributed by atoms with E-state index in [0.717, 1.165) is 6.08 Å². The third-order valence-electron chi connectivity index (χ3n) is 2.85. The van der Waals surface area contributed by atoms with Crippen molar-refractivity contribution in [2.24, 2.45) is 5.92 Å². The van der Waals surface area contributed by atoms with E-state index in [1.165, 1.54) is 6.08 Å². The van der Waals surface area contributed by atoms with Crippen molar-refractivity contribution >= 4 is 5.97 Å². The van der Waals surface area contributed by atoms with Gasteiger partial charge in [0.05, 0.1) is 18.3 Å². The fourth-order valence-corrected chi connectivity index (χ4v) is 1.61. The van der Waals surface area contributed by atoms with Gasteiger partial charge < -0.3 is 19.7 Å². The zero-order valence-corrected chi connectivity index (χ0v) is 11.7. The number of aliphatic hydroxyl groups excluding tert-OH is 1. The highest BCUT2D eigenvalue weighted by Gasteiger charge is 2.26. The van der Waals surface area contributed by atoms with E-state index in [2.05, 4.69) is 13.2 Å². The number of carbonyl (C=O) groups is 1. The topological polar surface area (TPSA) is 76.0 Å². The van der Waals surface area contributed by atoms with Gasteiger partial charge in [0.1, 0.15) is 6.61 Å². The molecule has 19 heavy (non-hydrogen) atoms. The number of esters is 1. The Kier molecular flexibility index (Phi) is 8.30. The summed E-state index contributed by atoms with van der Waals surface area (Å²) in [6.07, 6.45) is 2.70. The summed E-state index contributed by atoms with van der Waals surface area (Å²) in [5, 5.41) is 19.8. The molecule has 0 aliphatic rings. The van der Waals surface area contributed by atoms with E-state index in [-0.39, 0.29) is 12.5 Å². The molecule has 3 unspecified atom stereocenters. The van der Waals surface area contributed by atoms with Crippen LogP contribution in [0.3, 0.4) is 0 Å². The molecule has 0 fully saturated rings. The normalized spacial score (nSPS) is 17.1. The smallest absolute Gasteiger partial charge is 0.330 e. The van der Waals surface area contributed by atoms with Gasteiger partial charge in [0.25, 0.3) is 0 Å². The first-order valence-electron chi connectivity index (χ1n) is 6.17. The van der Waals surface area contributed by atoms with Gasteiger partial charge in [0.15, 0.2) is 0 Å². The fraction of sp³-hybridized carbons (Fsp3) is 0.643. The Balaban J connectivity index is 4.27. The molecule has 0 amide bonds. The number of hydrogen-bond acceptors (Lipinski definition) is 5. The van der Waals surface area contributed by atoms with Crippen LogP contribution in [0.1, 0.15) is 19.8 Å². The molecule has 0 aromatic carbocycles. The predicted molar refractivity (Wildman–Crippen MR) is 72.6 cm³/mol. The molecule has 0 aromatic rings. The minimum absolute atomic E-state index is 0.109. The van der Waals surface area contributed by atoms with Crippen LogP contribution in [0.25, 0.3) is 0 Å². The molecule has 5 heteroatoms. The van der Waals surface area contributed by atoms with E-state index in [9.17, 15) is 15.0 Å². The summed E-state index contributed by atoms with van der Waals surface area (Å²) in [6, 6.07) is 0. The molecule has 0 saturated heterocycles. The maximum absolute atomic E-state index is 10.9. The average Bonchev–Trinajstić information content (AvgIpc) is 2.39. The molecule has 3 atom stereocenters. The molecule has 0 aromatic heterocycles. The van der Waals surface area contributed by atoms with Crippen LogP contribution in [0.5, 0.6) is 0 Å². The fourth-order valence-electron chi connectivity index (χ4n) is 1.61. The van der Waals surface area contributed by atoms with Crippen molar-refractivity contribution in [1.82, 2.24) is 0 Å². The van der Waals surface area contributed by atoms with E-state index in [4.69, 9.17) is 9.47 Å². The van der Waals surface area contributed by atoms with Crippen molar-refractivity contribution in [1.29, 1.82) is 0 Å². The number of ether oxygens (including phenoxy) is 2. The van der Waals surface area contributed by atoms with Gasteiger partial charge in [-0.05, 0) is 19.8 Å². The molecule has 0 saturated carbocycles. The molecule has 0 rings (SSSR count). The maximum Gasteiger partial charge on any atom is 0.330 e. The van der Waals surface area contributed by atoms with Gasteiger partial charge >= 0.3 is 5.97 Å². The van der Waals surface area contributed by atoms with Crippen molar-refractivity contribution in [2.75, 3.05) is 20.3 Å². The first-order chi connectivity index (χ1) is 8.86. The lowest BCUT2D eigenvalue weighted by Crippen LogP contribution is -2.34. The first-order valence-corrected chi connectivity index (χ1v) is 6.17. The van der Waals surface area contributed by atoms with E-state index in [1.807, 2.05) is 0 Å². The minimum Gasteiger partial charge on any atom is -0.459 e. The Morgan fingerprint density at radius 2 is 2.11 bits per heavy atom. The number of aliphatic hydroxyl groups is 2. The lowest BCUT2D eigenvalue weighted by atomic mass is 9.91. The Morgan fingerprint density at radius 3 is 2.58 bits per heavy atom. The molecule has 0 heterocycles. The van der Waals surface area contributed by atoms with Crippen LogP contribution in [0, 0.1) is 5.92 Å². The SMILES string of the molecule is C=CC(=O)OCC(C)(O)CCC(COC)C(O)C=C. The number of methoxy groups -OCH3 is 1. The van der Waals surface area contributed by atoms with E-state index < -0.39 is 17.7 Å². The van der Waals surface area contributed by atoms with Crippen LogP contribution in [-0.4, -0.2) is 48.2 Å². The van der Waals surface area contributed by atoms with Gasteiger partial charge in [-0.2, -0.15) is 0 Å². The third-order valence-corrected chi connectivity index (χ3v) is 2.85. The first kappa shape index (κ1) is 17.8. The van der Waals surface area contributed by atoms with Crippen molar-refractivity contribution < 1.29 is 24.5 Å². The zero-order chi connectivity index (χ0) is 14.9. The Labute approximate surface area is 114 Å². The molecule has 0 aliphatic heterocycles. The molecule has 2 N–H and O–H groups in total. The van der Waals surface area contributed by atoms with Crippen LogP contribution < -0.4 is 0 Å². The van der Waals surface area contributed by atoms with Gasteiger partial charge in [-0.25, -0.2) is 4.79 Å². The van der Waals surface area contributed by atoms with Crippen LogP contribution in [0.2, 0.25) is 0 Å². The molecule has 110 valence electrons. The summed E-state index contributed by atoms with van der Waals surface area (Å²) >= 11 is 0. The third kappa shape index (κ3) is 7.77. The van der Waals surface area contributed by atoms with Crippen LogP contribution in [0.15, 0.2) is 25.3 Å². The monoisotopic (exact) mass is 272 g/mol. The largest absolute Gasteiger partial charge is 0.459 e. The molecular weight excluding hydrogens is 248 g/mol. The summed E-state index contributed by atoms with van der Waals surface area (Å²) < 4.78 is 9.83. The van der Waals surface area contributed by atoms with Crippen LogP contribution >= 0.6 is 0 Å². The maximum atomic E-state index is 10.9. The molecule has 0 bridgehead atoms. The van der Waals surface area contributed by atoms with Crippen molar-refractivity contribution in [3.8, 4) is 0 Å². The molecule has 5 nitrogen and oxygen atoms in total. The second-order valence-electron chi connectivity index (χ2n) is 4.79. The average molecular weight is 272 g/mol. The summed E-state index contributed by atoms with van der Waals surface area (Å²) in [7, 11) is 1.55. The van der Waals surface area contributed by atoms with Crippen LogP contribution in [0.4, 0.5) is 0 Å². The summed E-state index contributed by atoms with van der Waals surface area (Å²) in [6.45, 7) is 8.65. The molecule has 0 spiro atoms. The molecule has 0 radical (unpaired) electrons. The summed E-state index contributed by atoms with van der Waals surface area (Å²) in [5.74, 6) is -0.719. The summed E-state index contributed by atoms with van der Waals surface area (Å²) in [4.78, 5) is 10.9. The Hall–Kier alpha value is -1.17. The highest BCUT2D eigenvalue weighted by atomic mass is 16.5. The minimum atomic E-state index is -1.15. The van der Waals surface area contributed by atoms with E-state index >= 15 is 0 Å². The quantitative estimate of drug-likeness (QED) is 0.353. The number of hydrogen-bond donors (Lipinski definition) is 2. The number of carbonyl (C=O) groups excluding carboxylic acids is 1. The lowest BCUT2D eigenvalue weighted by Gasteiger charge is -2.26. The highest BCUT2D eigenvalue weighted by molar-refractivity contribution is 5.81. The lowest BCUT2D eigenvalue weighted by molar-refractivity contribution is -0.145. The van der Waals surface area contributed by atoms with Crippen molar-refractivity contribution in [3.05, 3.63) is 25.3 Å². The highest BCUT2D eigenvalue weighted by Crippen LogP contribution is 2.20. The van der Waals surface area contributed by atoms with Crippen molar-refractivity contribution in [3.63, 3.8) is 0 Å². The van der Waals surface area contributed by atoms with Gasteiger partial charge in [-0.1, -0.05) is 12.7 Å². The van der Waals surface area contributed by atoms with E-state index in [0.29, 0.717) is 19.4 Å². The van der Waals surface area contributed by atoms with E-state index in [1.54, 1.807) is 14.0 Å². The predicted octanol–water partition coefficient (Wildman–Crippen LogP) is 1.06. The van der Waals surface area contributed by atoms with Gasteiger partial charge in [0, 0.05) is 19.1 Å². The van der Waals surface area contributed by atoms with Crippen molar-refractivity contribution in [2.45, 2.75) is 31.5 Å². The Morgan fingerprint density at radius 1 is 1.47 bits per heavy atom. The molecular formula is C14H24O5. The van der Waals surface area contributed by atoms with Crippen LogP contribution in [-0.2, 0) is 14.3 Å². The van der Waals surface area contributed by atoms with Gasteiger partial charge in [-0.3, -0.25) is 0 Å². The molecule has 0 aliphatic carbocycles. The number of rotatable bonds is 10.